The van der Waals surface area contributed by atoms with Crippen LogP contribution < -0.4 is 5.32 Å². The maximum absolute atomic E-state index is 12.3. The molecule has 0 aliphatic rings. The van der Waals surface area contributed by atoms with E-state index < -0.39 is 29.8 Å². The Morgan fingerprint density at radius 3 is 2.23 bits per heavy atom. The number of aliphatic carboxylic acids is 1. The van der Waals surface area contributed by atoms with E-state index in [0.717, 1.165) is 16.7 Å². The predicted octanol–water partition coefficient (Wildman–Crippen LogP) is 2.75. The van der Waals surface area contributed by atoms with Gasteiger partial charge in [0.2, 0.25) is 5.91 Å². The number of aliphatic hydroxyl groups is 1. The third kappa shape index (κ3) is 4.92. The third-order valence-corrected chi connectivity index (χ3v) is 4.57. The number of carboxylic acids is 1. The monoisotopic (exact) mass is 355 g/mol. The fraction of sp³-hybridized carbons (Fsp3) is 0.333. The molecule has 26 heavy (non-hydrogen) atoms. The zero-order valence-corrected chi connectivity index (χ0v) is 15.3. The van der Waals surface area contributed by atoms with E-state index in [1.165, 1.54) is 0 Å². The van der Waals surface area contributed by atoms with Gasteiger partial charge in [0.05, 0.1) is 5.92 Å². The highest BCUT2D eigenvalue weighted by Gasteiger charge is 2.26. The minimum atomic E-state index is -1.25. The summed E-state index contributed by atoms with van der Waals surface area (Å²) in [4.78, 5) is 23.9. The number of hydrogen-bond acceptors (Lipinski definition) is 3. The lowest BCUT2D eigenvalue weighted by atomic mass is 9.93. The molecule has 3 N–H and O–H groups in total. The van der Waals surface area contributed by atoms with Crippen LogP contribution in [0.15, 0.2) is 48.5 Å². The van der Waals surface area contributed by atoms with Crippen LogP contribution in [0.2, 0.25) is 0 Å². The van der Waals surface area contributed by atoms with Crippen LogP contribution in [-0.4, -0.2) is 34.7 Å². The van der Waals surface area contributed by atoms with Crippen molar-refractivity contribution >= 4 is 11.9 Å². The van der Waals surface area contributed by atoms with E-state index in [2.05, 4.69) is 5.32 Å². The summed E-state index contributed by atoms with van der Waals surface area (Å²) < 4.78 is 0. The number of hydrogen-bond donors (Lipinski definition) is 3. The number of aliphatic hydroxyl groups excluding tert-OH is 1. The summed E-state index contributed by atoms with van der Waals surface area (Å²) in [6.45, 7) is 5.54. The van der Waals surface area contributed by atoms with Crippen LogP contribution in [0.3, 0.4) is 0 Å². The molecular formula is C21H25NO4. The van der Waals surface area contributed by atoms with Gasteiger partial charge in [0.25, 0.3) is 0 Å². The number of carboxylic acid groups (broad SMARTS) is 1. The van der Waals surface area contributed by atoms with Crippen molar-refractivity contribution in [3.8, 4) is 0 Å². The zero-order valence-electron chi connectivity index (χ0n) is 15.3. The van der Waals surface area contributed by atoms with Gasteiger partial charge in [-0.3, -0.25) is 9.59 Å². The van der Waals surface area contributed by atoms with E-state index in [9.17, 15) is 19.8 Å². The molecule has 0 aliphatic carbocycles. The van der Waals surface area contributed by atoms with E-state index >= 15 is 0 Å². The average molecular weight is 355 g/mol. The molecule has 3 unspecified atom stereocenters. The lowest BCUT2D eigenvalue weighted by molar-refractivity contribution is -0.139. The number of nitrogens with one attached hydrogen (secondary N) is 1. The first-order valence-electron chi connectivity index (χ1n) is 8.61. The molecule has 0 spiro atoms. The van der Waals surface area contributed by atoms with Crippen molar-refractivity contribution in [1.82, 2.24) is 5.32 Å². The topological polar surface area (TPSA) is 86.6 Å². The van der Waals surface area contributed by atoms with Gasteiger partial charge < -0.3 is 15.5 Å². The van der Waals surface area contributed by atoms with Gasteiger partial charge in [-0.1, -0.05) is 66.6 Å². The van der Waals surface area contributed by atoms with Crippen LogP contribution in [0.4, 0.5) is 0 Å². The van der Waals surface area contributed by atoms with Crippen LogP contribution >= 0.6 is 0 Å². The molecular weight excluding hydrogens is 330 g/mol. The molecule has 0 bridgehead atoms. The molecule has 5 nitrogen and oxygen atoms in total. The number of benzene rings is 2. The molecule has 3 atom stereocenters. The van der Waals surface area contributed by atoms with Gasteiger partial charge in [-0.05, 0) is 25.0 Å². The fourth-order valence-corrected chi connectivity index (χ4v) is 2.82. The van der Waals surface area contributed by atoms with E-state index in [-0.39, 0.29) is 6.54 Å². The van der Waals surface area contributed by atoms with Crippen molar-refractivity contribution < 1.29 is 19.8 Å². The largest absolute Gasteiger partial charge is 0.481 e. The van der Waals surface area contributed by atoms with Gasteiger partial charge in [-0.15, -0.1) is 0 Å². The molecule has 138 valence electrons. The number of amides is 1. The zero-order chi connectivity index (χ0) is 19.3. The van der Waals surface area contributed by atoms with Crippen molar-refractivity contribution in [2.45, 2.75) is 38.7 Å². The highest BCUT2D eigenvalue weighted by atomic mass is 16.4. The summed E-state index contributed by atoms with van der Waals surface area (Å²) in [5.74, 6) is -2.84. The molecule has 0 aliphatic heterocycles. The fourth-order valence-electron chi connectivity index (χ4n) is 2.82. The van der Waals surface area contributed by atoms with Crippen molar-refractivity contribution in [3.05, 3.63) is 70.8 Å². The normalized spacial score (nSPS) is 14.3. The van der Waals surface area contributed by atoms with E-state index in [1.54, 1.807) is 25.1 Å². The SMILES string of the molecule is Cc1ccc(C(C)C(O)C(=O)NCC(C(=O)O)c2cccc(C)c2)cc1. The number of rotatable bonds is 7. The molecule has 2 aromatic carbocycles. The summed E-state index contributed by atoms with van der Waals surface area (Å²) in [6.07, 6.45) is -1.25. The summed E-state index contributed by atoms with van der Waals surface area (Å²) in [5, 5.41) is 22.4. The second-order valence-corrected chi connectivity index (χ2v) is 6.69. The maximum atomic E-state index is 12.3. The van der Waals surface area contributed by atoms with Gasteiger partial charge in [-0.25, -0.2) is 0 Å². The van der Waals surface area contributed by atoms with E-state index in [1.807, 2.05) is 44.2 Å². The van der Waals surface area contributed by atoms with Gasteiger partial charge in [-0.2, -0.15) is 0 Å². The number of aryl methyl sites for hydroxylation is 2. The Hall–Kier alpha value is -2.66. The highest BCUT2D eigenvalue weighted by Crippen LogP contribution is 2.21. The molecule has 0 fully saturated rings. The second kappa shape index (κ2) is 8.63. The van der Waals surface area contributed by atoms with Crippen molar-refractivity contribution in [2.24, 2.45) is 0 Å². The quantitative estimate of drug-likeness (QED) is 0.713. The van der Waals surface area contributed by atoms with Crippen molar-refractivity contribution in [2.75, 3.05) is 6.54 Å². The molecule has 0 saturated carbocycles. The summed E-state index contributed by atoms with van der Waals surface area (Å²) in [6, 6.07) is 14.8. The van der Waals surface area contributed by atoms with Crippen molar-refractivity contribution in [1.29, 1.82) is 0 Å². The summed E-state index contributed by atoms with van der Waals surface area (Å²) in [7, 11) is 0. The molecule has 0 heterocycles. The van der Waals surface area contributed by atoms with E-state index in [0.29, 0.717) is 5.56 Å². The van der Waals surface area contributed by atoms with Crippen LogP contribution in [0.1, 0.15) is 41.0 Å². The third-order valence-electron chi connectivity index (χ3n) is 4.57. The van der Waals surface area contributed by atoms with Gasteiger partial charge in [0.1, 0.15) is 6.10 Å². The molecule has 2 aromatic rings. The molecule has 0 saturated heterocycles. The summed E-state index contributed by atoms with van der Waals surface area (Å²) in [5.41, 5.74) is 3.53. The molecule has 0 radical (unpaired) electrons. The van der Waals surface area contributed by atoms with Gasteiger partial charge >= 0.3 is 5.97 Å². The minimum Gasteiger partial charge on any atom is -0.481 e. The Morgan fingerprint density at radius 2 is 1.65 bits per heavy atom. The summed E-state index contributed by atoms with van der Waals surface area (Å²) >= 11 is 0. The van der Waals surface area contributed by atoms with Crippen LogP contribution in [-0.2, 0) is 9.59 Å². The lowest BCUT2D eigenvalue weighted by Crippen LogP contribution is -2.40. The van der Waals surface area contributed by atoms with Crippen LogP contribution in [0.25, 0.3) is 0 Å². The first kappa shape index (κ1) is 19.7. The average Bonchev–Trinajstić information content (AvgIpc) is 2.61. The van der Waals surface area contributed by atoms with Gasteiger partial charge in [0, 0.05) is 12.5 Å². The second-order valence-electron chi connectivity index (χ2n) is 6.69. The van der Waals surface area contributed by atoms with Gasteiger partial charge in [0.15, 0.2) is 0 Å². The maximum Gasteiger partial charge on any atom is 0.312 e. The minimum absolute atomic E-state index is 0.0741. The number of carbonyl (C=O) groups is 2. The lowest BCUT2D eigenvalue weighted by Gasteiger charge is -2.20. The highest BCUT2D eigenvalue weighted by molar-refractivity contribution is 5.83. The van der Waals surface area contributed by atoms with E-state index in [4.69, 9.17) is 0 Å². The molecule has 0 aromatic heterocycles. The van der Waals surface area contributed by atoms with Crippen molar-refractivity contribution in [3.63, 3.8) is 0 Å². The standard InChI is InChI=1S/C21H25NO4/c1-13-7-9-16(10-8-13)15(3)19(23)20(24)22-12-18(21(25)26)17-6-4-5-14(2)11-17/h4-11,15,18-19,23H,12H2,1-3H3,(H,22,24)(H,25,26). The molecule has 2 rings (SSSR count). The molecule has 1 amide bonds. The first-order valence-corrected chi connectivity index (χ1v) is 8.61. The molecule has 5 heteroatoms. The Labute approximate surface area is 153 Å². The van der Waals surface area contributed by atoms with Crippen LogP contribution in [0.5, 0.6) is 0 Å². The first-order chi connectivity index (χ1) is 12.3. The Morgan fingerprint density at radius 1 is 1.00 bits per heavy atom. The Balaban J connectivity index is 2.03. The smallest absolute Gasteiger partial charge is 0.312 e. The Kier molecular flexibility index (Phi) is 6.52. The number of carbonyl (C=O) groups excluding carboxylic acids is 1. The Bertz CT molecular complexity index is 770. The predicted molar refractivity (Wildman–Crippen MR) is 100 cm³/mol. The van der Waals surface area contributed by atoms with Crippen LogP contribution in [0, 0.1) is 13.8 Å².